The van der Waals surface area contributed by atoms with Crippen LogP contribution in [0.3, 0.4) is 0 Å². The molecule has 0 amide bonds. The van der Waals surface area contributed by atoms with Crippen LogP contribution in [0.15, 0.2) is 0 Å². The number of rotatable bonds is 2. The molecule has 0 aromatic carbocycles. The normalized spacial score (nSPS) is 55.2. The first kappa shape index (κ1) is 18.7. The Labute approximate surface area is 167 Å². The van der Waals surface area contributed by atoms with E-state index < -0.39 is 0 Å². The maximum absolute atomic E-state index is 12.7. The zero-order valence-corrected chi connectivity index (χ0v) is 18.3. The number of hydrogen-bond acceptors (Lipinski definition) is 2. The molecule has 0 spiro atoms. The van der Waals surface area contributed by atoms with Crippen LogP contribution >= 0.6 is 22.6 Å². The van der Waals surface area contributed by atoms with Crippen molar-refractivity contribution in [3.05, 3.63) is 0 Å². The molecular weight excluding hydrogens is 423 g/mol. The third kappa shape index (κ3) is 2.68. The van der Waals surface area contributed by atoms with E-state index in [-0.39, 0.29) is 11.5 Å². The number of hydrogen-bond donors (Lipinski definition) is 1. The highest BCUT2D eigenvalue weighted by Crippen LogP contribution is 2.68. The lowest BCUT2D eigenvalue weighted by molar-refractivity contribution is -0.138. The van der Waals surface area contributed by atoms with Crippen molar-refractivity contribution in [2.24, 2.45) is 46.3 Å². The lowest BCUT2D eigenvalue weighted by Gasteiger charge is -2.60. The zero-order chi connectivity index (χ0) is 18.0. The van der Waals surface area contributed by atoms with Crippen molar-refractivity contribution < 1.29 is 9.90 Å². The summed E-state index contributed by atoms with van der Waals surface area (Å²) in [6, 6.07) is 0. The van der Waals surface area contributed by atoms with Gasteiger partial charge in [-0.2, -0.15) is 0 Å². The Bertz CT molecular complexity index is 548. The van der Waals surface area contributed by atoms with E-state index >= 15 is 0 Å². The van der Waals surface area contributed by atoms with Crippen molar-refractivity contribution in [1.82, 2.24) is 0 Å². The van der Waals surface area contributed by atoms with Crippen molar-refractivity contribution >= 4 is 28.4 Å². The Kier molecular flexibility index (Phi) is 4.84. The fraction of sp³-hybridized carbons (Fsp3) is 0.955. The largest absolute Gasteiger partial charge is 0.393 e. The smallest absolute Gasteiger partial charge is 0.146 e. The summed E-state index contributed by atoms with van der Waals surface area (Å²) in [5.41, 5.74) is 0.693. The van der Waals surface area contributed by atoms with Gasteiger partial charge in [-0.25, -0.2) is 0 Å². The molecule has 4 fully saturated rings. The minimum atomic E-state index is -0.0550. The average Bonchev–Trinajstić information content (AvgIpc) is 2.85. The summed E-state index contributed by atoms with van der Waals surface area (Å²) in [6.45, 7) is 7.36. The van der Waals surface area contributed by atoms with Gasteiger partial charge in [-0.3, -0.25) is 4.79 Å². The number of alkyl halides is 1. The number of fused-ring (bicyclic) bond motifs is 5. The second-order valence-electron chi connectivity index (χ2n) is 10.4. The summed E-state index contributed by atoms with van der Waals surface area (Å²) in [7, 11) is 0. The van der Waals surface area contributed by atoms with Gasteiger partial charge in [0, 0.05) is 5.92 Å². The molecule has 0 radical (unpaired) electrons. The molecule has 0 aromatic rings. The second-order valence-corrected chi connectivity index (χ2v) is 11.2. The van der Waals surface area contributed by atoms with Crippen LogP contribution in [-0.4, -0.2) is 21.4 Å². The molecule has 25 heavy (non-hydrogen) atoms. The van der Waals surface area contributed by atoms with Crippen LogP contribution < -0.4 is 0 Å². The summed E-state index contributed by atoms with van der Waals surface area (Å²) in [5, 5.41) is 10.2. The van der Waals surface area contributed by atoms with Crippen molar-refractivity contribution in [2.45, 2.75) is 78.2 Å². The van der Waals surface area contributed by atoms with Gasteiger partial charge in [-0.05, 0) is 91.8 Å². The second kappa shape index (κ2) is 6.46. The Balaban J connectivity index is 1.63. The van der Waals surface area contributed by atoms with Gasteiger partial charge in [0.1, 0.15) is 5.78 Å². The molecule has 0 bridgehead atoms. The maximum Gasteiger partial charge on any atom is 0.146 e. The van der Waals surface area contributed by atoms with Crippen molar-refractivity contribution in [2.75, 3.05) is 4.43 Å². The van der Waals surface area contributed by atoms with Crippen LogP contribution in [0.1, 0.15) is 72.1 Å². The maximum atomic E-state index is 12.7. The molecule has 0 aromatic heterocycles. The number of carbonyl (C=O) groups excluding carboxylic acids is 1. The summed E-state index contributed by atoms with van der Waals surface area (Å²) < 4.78 is 0.681. The molecule has 1 N–H and O–H groups in total. The molecule has 4 aliphatic rings. The first-order valence-corrected chi connectivity index (χ1v) is 12.1. The number of halogens is 1. The van der Waals surface area contributed by atoms with Gasteiger partial charge < -0.3 is 5.11 Å². The average molecular weight is 458 g/mol. The lowest BCUT2D eigenvalue weighted by Crippen LogP contribution is -2.54. The molecule has 3 heteroatoms. The number of aliphatic hydroxyl groups excluding tert-OH is 1. The van der Waals surface area contributed by atoms with Gasteiger partial charge in [0.05, 0.1) is 10.5 Å². The Morgan fingerprint density at radius 2 is 1.76 bits per heavy atom. The minimum absolute atomic E-state index is 0.0550. The Hall–Kier alpha value is 0.360. The molecule has 9 atom stereocenters. The predicted molar refractivity (Wildman–Crippen MR) is 110 cm³/mol. The fourth-order valence-corrected chi connectivity index (χ4v) is 8.84. The van der Waals surface area contributed by atoms with Gasteiger partial charge in [-0.15, -0.1) is 0 Å². The minimum Gasteiger partial charge on any atom is -0.393 e. The molecule has 142 valence electrons. The standard InChI is InChI=1S/C22H35IO2/c1-13-10-18-16-5-4-14-11-15(24)6-8-21(14,2)17(16)7-9-22(18,3)20(13)19(25)12-23/h13-18,20,24H,4-12H2,1-3H3/t13-,14+,15-,16-,17+,18+,20-,21+,22+/m1/s1. The SMILES string of the molecule is C[C@@H]1C[C@H]2[C@@H]3CC[C@H]4C[C@H](O)CC[C@]4(C)[C@H]3CC[C@]2(C)[C@H]1C(=O)CI. The lowest BCUT2D eigenvalue weighted by atomic mass is 9.44. The van der Waals surface area contributed by atoms with Crippen LogP contribution in [0.4, 0.5) is 0 Å². The molecule has 0 saturated heterocycles. The Morgan fingerprint density at radius 1 is 1.04 bits per heavy atom. The molecule has 0 heterocycles. The van der Waals surface area contributed by atoms with E-state index in [2.05, 4.69) is 43.4 Å². The fourth-order valence-electron chi connectivity index (χ4n) is 8.37. The first-order chi connectivity index (χ1) is 11.8. The van der Waals surface area contributed by atoms with Gasteiger partial charge in [0.25, 0.3) is 0 Å². The van der Waals surface area contributed by atoms with E-state index in [4.69, 9.17) is 0 Å². The van der Waals surface area contributed by atoms with E-state index in [1.807, 2.05) is 0 Å². The third-order valence-electron chi connectivity index (χ3n) is 9.46. The van der Waals surface area contributed by atoms with Crippen LogP contribution in [0.2, 0.25) is 0 Å². The van der Waals surface area contributed by atoms with E-state index in [0.29, 0.717) is 27.5 Å². The summed E-state index contributed by atoms with van der Waals surface area (Å²) in [5.74, 6) is 4.51. The van der Waals surface area contributed by atoms with Gasteiger partial charge in [-0.1, -0.05) is 43.4 Å². The number of aliphatic hydroxyl groups is 1. The third-order valence-corrected chi connectivity index (χ3v) is 10.2. The van der Waals surface area contributed by atoms with Crippen LogP contribution in [-0.2, 0) is 4.79 Å². The topological polar surface area (TPSA) is 37.3 Å². The number of ketones is 1. The summed E-state index contributed by atoms with van der Waals surface area (Å²) in [4.78, 5) is 12.7. The van der Waals surface area contributed by atoms with E-state index in [1.165, 1.54) is 38.5 Å². The van der Waals surface area contributed by atoms with Crippen molar-refractivity contribution in [1.29, 1.82) is 0 Å². The molecule has 4 saturated carbocycles. The molecule has 4 aliphatic carbocycles. The van der Waals surface area contributed by atoms with Crippen LogP contribution in [0.5, 0.6) is 0 Å². The quantitative estimate of drug-likeness (QED) is 0.453. The van der Waals surface area contributed by atoms with Crippen LogP contribution in [0, 0.1) is 46.3 Å². The summed E-state index contributed by atoms with van der Waals surface area (Å²) >= 11 is 2.28. The molecule has 4 rings (SSSR count). The van der Waals surface area contributed by atoms with E-state index in [1.54, 1.807) is 0 Å². The Morgan fingerprint density at radius 3 is 2.48 bits per heavy atom. The highest BCUT2D eigenvalue weighted by atomic mass is 127. The van der Waals surface area contributed by atoms with Crippen LogP contribution in [0.25, 0.3) is 0 Å². The molecular formula is C22H35IO2. The number of Topliss-reactive ketones (excluding diaryl/α,β-unsaturated/α-hetero) is 1. The highest BCUT2D eigenvalue weighted by Gasteiger charge is 2.62. The summed E-state index contributed by atoms with van der Waals surface area (Å²) in [6.07, 6.45) is 9.69. The predicted octanol–water partition coefficient (Wildman–Crippen LogP) is 5.26. The molecule has 0 unspecified atom stereocenters. The van der Waals surface area contributed by atoms with Gasteiger partial charge >= 0.3 is 0 Å². The zero-order valence-electron chi connectivity index (χ0n) is 16.1. The highest BCUT2D eigenvalue weighted by molar-refractivity contribution is 14.1. The molecule has 2 nitrogen and oxygen atoms in total. The first-order valence-electron chi connectivity index (χ1n) is 10.6. The van der Waals surface area contributed by atoms with Gasteiger partial charge in [0.15, 0.2) is 0 Å². The monoisotopic (exact) mass is 458 g/mol. The number of carbonyl (C=O) groups is 1. The van der Waals surface area contributed by atoms with E-state index in [9.17, 15) is 9.90 Å². The molecule has 0 aliphatic heterocycles. The van der Waals surface area contributed by atoms with Gasteiger partial charge in [0.2, 0.25) is 0 Å². The van der Waals surface area contributed by atoms with Crippen molar-refractivity contribution in [3.63, 3.8) is 0 Å². The van der Waals surface area contributed by atoms with E-state index in [0.717, 1.165) is 36.5 Å². The van der Waals surface area contributed by atoms with Crippen molar-refractivity contribution in [3.8, 4) is 0 Å².